The van der Waals surface area contributed by atoms with E-state index in [1.54, 1.807) is 48.9 Å². The molecule has 0 radical (unpaired) electrons. The molecule has 3 aromatic carbocycles. The second-order valence-electron chi connectivity index (χ2n) is 11.2. The number of allylic oxidation sites excluding steroid dienone is 1. The molecule has 0 aliphatic carbocycles. The average molecular weight is 675 g/mol. The van der Waals surface area contributed by atoms with Crippen LogP contribution in [0.25, 0.3) is 23.0 Å². The van der Waals surface area contributed by atoms with Crippen LogP contribution in [0.3, 0.4) is 0 Å². The Balaban J connectivity index is 1.53. The minimum Gasteiger partial charge on any atom is -0.489 e. The minimum absolute atomic E-state index is 0.156. The van der Waals surface area contributed by atoms with Gasteiger partial charge in [-0.15, -0.1) is 0 Å². The molecule has 1 aliphatic heterocycles. The van der Waals surface area contributed by atoms with Crippen LogP contribution in [0.5, 0.6) is 5.75 Å². The number of ether oxygens (including phenoxy) is 3. The summed E-state index contributed by atoms with van der Waals surface area (Å²) in [6.45, 7) is 9.69. The fourth-order valence-corrected chi connectivity index (χ4v) is 6.74. The Bertz CT molecular complexity index is 2280. The van der Waals surface area contributed by atoms with Gasteiger partial charge in [-0.3, -0.25) is 9.36 Å². The van der Waals surface area contributed by atoms with E-state index in [0.29, 0.717) is 44.0 Å². The molecule has 1 unspecified atom stereocenters. The quantitative estimate of drug-likeness (QED) is 0.146. The summed E-state index contributed by atoms with van der Waals surface area (Å²) in [5.41, 5.74) is 5.35. The number of carbonyl (C=O) groups excluding carboxylic acids is 2. The number of aromatic nitrogens is 3. The highest BCUT2D eigenvalue weighted by Gasteiger charge is 2.33. The Morgan fingerprint density at radius 2 is 1.78 bits per heavy atom. The maximum atomic E-state index is 14.4. The Morgan fingerprint density at radius 3 is 2.45 bits per heavy atom. The summed E-state index contributed by atoms with van der Waals surface area (Å²) < 4.78 is 19.8. The van der Waals surface area contributed by atoms with Gasteiger partial charge in [0.25, 0.3) is 5.56 Å². The van der Waals surface area contributed by atoms with Crippen molar-refractivity contribution >= 4 is 29.4 Å². The predicted molar refractivity (Wildman–Crippen MR) is 188 cm³/mol. The molecular weight excluding hydrogens is 641 g/mol. The van der Waals surface area contributed by atoms with Crippen LogP contribution in [0.2, 0.25) is 0 Å². The maximum Gasteiger partial charge on any atom is 0.338 e. The minimum atomic E-state index is -0.832. The van der Waals surface area contributed by atoms with Crippen LogP contribution in [0, 0.1) is 6.92 Å². The highest BCUT2D eigenvalue weighted by molar-refractivity contribution is 7.07. The first-order chi connectivity index (χ1) is 23.7. The first-order valence-electron chi connectivity index (χ1n) is 15.6. The molecule has 49 heavy (non-hydrogen) atoms. The number of methoxy groups -OCH3 is 1. The highest BCUT2D eigenvalue weighted by atomic mass is 32.1. The molecule has 0 saturated heterocycles. The largest absolute Gasteiger partial charge is 0.489 e. The Hall–Kier alpha value is -5.81. The predicted octanol–water partition coefficient (Wildman–Crippen LogP) is 5.31. The van der Waals surface area contributed by atoms with Gasteiger partial charge in [0, 0.05) is 17.3 Å². The van der Waals surface area contributed by atoms with Gasteiger partial charge in [-0.1, -0.05) is 54.3 Å². The summed E-state index contributed by atoms with van der Waals surface area (Å²) in [6.07, 6.45) is 5.39. The molecule has 3 heterocycles. The molecule has 1 atom stereocenters. The van der Waals surface area contributed by atoms with Crippen molar-refractivity contribution in [3.8, 4) is 22.7 Å². The molecule has 0 fully saturated rings. The first-order valence-corrected chi connectivity index (χ1v) is 16.4. The van der Waals surface area contributed by atoms with Crippen LogP contribution in [0.15, 0.2) is 113 Å². The van der Waals surface area contributed by atoms with Gasteiger partial charge in [0.1, 0.15) is 18.1 Å². The molecule has 5 aromatic rings. The average Bonchev–Trinajstić information content (AvgIpc) is 3.67. The molecule has 2 aromatic heterocycles. The van der Waals surface area contributed by atoms with Crippen LogP contribution in [0.1, 0.15) is 46.9 Å². The van der Waals surface area contributed by atoms with Gasteiger partial charge in [-0.2, -0.15) is 5.10 Å². The van der Waals surface area contributed by atoms with Gasteiger partial charge in [-0.05, 0) is 80.4 Å². The molecule has 10 nitrogen and oxygen atoms in total. The number of rotatable bonds is 10. The maximum absolute atomic E-state index is 14.4. The van der Waals surface area contributed by atoms with Crippen molar-refractivity contribution in [2.45, 2.75) is 26.8 Å². The lowest BCUT2D eigenvalue weighted by molar-refractivity contribution is -0.139. The molecule has 0 N–H and O–H groups in total. The highest BCUT2D eigenvalue weighted by Crippen LogP contribution is 2.32. The zero-order chi connectivity index (χ0) is 34.7. The summed E-state index contributed by atoms with van der Waals surface area (Å²) in [6, 6.07) is 21.4. The molecule has 0 amide bonds. The van der Waals surface area contributed by atoms with Crippen molar-refractivity contribution in [2.75, 3.05) is 20.3 Å². The standard InChI is InChI=1S/C38H34N4O6S/c1-6-19-48-30-18-17-27(20-23(30)3)33-28(22-41(40-33)29-11-9-8-10-12-29)21-31-35(43)42-34(25-13-15-26(16-14-25)36(44)46-5)32(37(45)47-7-2)24(4)39-38(42)49-31/h6,8-18,20-22,34H,1,7,19H2,2-5H3. The van der Waals surface area contributed by atoms with Crippen LogP contribution < -0.4 is 19.6 Å². The van der Waals surface area contributed by atoms with Gasteiger partial charge in [0.15, 0.2) is 4.80 Å². The van der Waals surface area contributed by atoms with E-state index < -0.39 is 18.0 Å². The number of nitrogens with zero attached hydrogens (tertiary/aromatic N) is 4. The van der Waals surface area contributed by atoms with Gasteiger partial charge >= 0.3 is 11.9 Å². The molecule has 248 valence electrons. The van der Waals surface area contributed by atoms with Crippen molar-refractivity contribution < 1.29 is 23.8 Å². The summed E-state index contributed by atoms with van der Waals surface area (Å²) in [5.74, 6) is -0.315. The lowest BCUT2D eigenvalue weighted by Crippen LogP contribution is -2.40. The number of benzene rings is 3. The van der Waals surface area contributed by atoms with E-state index in [4.69, 9.17) is 24.3 Å². The van der Waals surface area contributed by atoms with Crippen molar-refractivity contribution in [3.05, 3.63) is 145 Å². The lowest BCUT2D eigenvalue weighted by Gasteiger charge is -2.24. The lowest BCUT2D eigenvalue weighted by atomic mass is 9.95. The molecule has 11 heteroatoms. The number of fused-ring (bicyclic) bond motifs is 1. The number of hydrogen-bond donors (Lipinski definition) is 0. The van der Waals surface area contributed by atoms with Crippen molar-refractivity contribution in [1.29, 1.82) is 0 Å². The zero-order valence-electron chi connectivity index (χ0n) is 27.5. The molecule has 1 aliphatic rings. The fourth-order valence-electron chi connectivity index (χ4n) is 5.71. The normalized spacial score (nSPS) is 14.2. The van der Waals surface area contributed by atoms with Crippen LogP contribution >= 0.6 is 11.3 Å². The number of aryl methyl sites for hydroxylation is 1. The second kappa shape index (κ2) is 14.1. The number of carbonyl (C=O) groups is 2. The summed E-state index contributed by atoms with van der Waals surface area (Å²) in [7, 11) is 1.31. The Labute approximate surface area is 286 Å². The SMILES string of the molecule is C=CCOc1ccc(-c2nn(-c3ccccc3)cc2C=c2sc3n(c2=O)C(c2ccc(C(=O)OC)cc2)C(C(=O)OCC)=C(C)N=3)cc1C. The summed E-state index contributed by atoms with van der Waals surface area (Å²) >= 11 is 1.22. The van der Waals surface area contributed by atoms with Gasteiger partial charge < -0.3 is 14.2 Å². The van der Waals surface area contributed by atoms with Gasteiger partial charge in [0.2, 0.25) is 0 Å². The topological polar surface area (TPSA) is 114 Å². The smallest absolute Gasteiger partial charge is 0.338 e. The summed E-state index contributed by atoms with van der Waals surface area (Å²) in [4.78, 5) is 45.0. The number of thiazole rings is 1. The molecule has 0 bridgehead atoms. The van der Waals surface area contributed by atoms with E-state index in [2.05, 4.69) is 6.58 Å². The monoisotopic (exact) mass is 674 g/mol. The van der Waals surface area contributed by atoms with E-state index in [-0.39, 0.29) is 17.7 Å². The van der Waals surface area contributed by atoms with E-state index in [9.17, 15) is 14.4 Å². The molecular formula is C38H34N4O6S. The number of para-hydroxylation sites is 1. The Morgan fingerprint density at radius 1 is 1.02 bits per heavy atom. The number of hydrogen-bond acceptors (Lipinski definition) is 9. The van der Waals surface area contributed by atoms with E-state index >= 15 is 0 Å². The first kappa shape index (κ1) is 33.1. The zero-order valence-corrected chi connectivity index (χ0v) is 28.3. The third kappa shape index (κ3) is 6.53. The summed E-state index contributed by atoms with van der Waals surface area (Å²) in [5, 5.41) is 4.94. The van der Waals surface area contributed by atoms with Crippen LogP contribution in [-0.4, -0.2) is 46.6 Å². The second-order valence-corrected chi connectivity index (χ2v) is 12.2. The molecule has 0 saturated carbocycles. The van der Waals surface area contributed by atoms with E-state index in [0.717, 1.165) is 22.6 Å². The van der Waals surface area contributed by atoms with Crippen molar-refractivity contribution in [2.24, 2.45) is 4.99 Å². The van der Waals surface area contributed by atoms with Crippen molar-refractivity contribution in [3.63, 3.8) is 0 Å². The Kier molecular flexibility index (Phi) is 9.54. The van der Waals surface area contributed by atoms with E-state index in [1.165, 1.54) is 23.0 Å². The third-order valence-corrected chi connectivity index (χ3v) is 9.00. The van der Waals surface area contributed by atoms with Crippen LogP contribution in [0.4, 0.5) is 0 Å². The van der Waals surface area contributed by atoms with Crippen molar-refractivity contribution in [1.82, 2.24) is 14.3 Å². The van der Waals surface area contributed by atoms with Crippen LogP contribution in [-0.2, 0) is 14.3 Å². The molecule has 0 spiro atoms. The fraction of sp³-hybridized carbons (Fsp3) is 0.184. The van der Waals surface area contributed by atoms with Gasteiger partial charge in [0.05, 0.1) is 46.8 Å². The van der Waals surface area contributed by atoms with E-state index in [1.807, 2.05) is 67.7 Å². The molecule has 6 rings (SSSR count). The van der Waals surface area contributed by atoms with Gasteiger partial charge in [-0.25, -0.2) is 19.3 Å². The third-order valence-electron chi connectivity index (χ3n) is 8.02. The number of esters is 2.